The molecule has 186 valence electrons. The fourth-order valence-electron chi connectivity index (χ4n) is 3.21. The van der Waals surface area contributed by atoms with Gasteiger partial charge in [-0.1, -0.05) is 35.5 Å². The van der Waals surface area contributed by atoms with E-state index in [4.69, 9.17) is 19.1 Å². The molecular formula is C23H32N4O7. The third-order valence-electron chi connectivity index (χ3n) is 4.41. The predicted molar refractivity (Wildman–Crippen MR) is 124 cm³/mol. The summed E-state index contributed by atoms with van der Waals surface area (Å²) in [5.41, 5.74) is -3.53. The Balaban J connectivity index is 2.80. The zero-order chi connectivity index (χ0) is 25.9. The van der Waals surface area contributed by atoms with Crippen molar-refractivity contribution in [3.8, 4) is 0 Å². The van der Waals surface area contributed by atoms with Crippen LogP contribution < -0.4 is 0 Å². The standard InChI is InChI=1S/C23H32N4O7/c1-15(25-31-9)23(17(24-26(8)18(23)28)16-13-11-10-12-14-16)27(19(29)32-21(2,3)4)34-20(30)33-22(5,6)7/h10-14H,1-9H3. The zero-order valence-electron chi connectivity index (χ0n) is 21.0. The van der Waals surface area contributed by atoms with Crippen LogP contribution in [0.1, 0.15) is 54.0 Å². The van der Waals surface area contributed by atoms with Gasteiger partial charge in [-0.15, -0.1) is 5.06 Å². The van der Waals surface area contributed by atoms with E-state index in [1.807, 2.05) is 0 Å². The number of carbonyl (C=O) groups excluding carboxylic acids is 3. The second-order valence-corrected chi connectivity index (χ2v) is 9.54. The Morgan fingerprint density at radius 2 is 1.59 bits per heavy atom. The summed E-state index contributed by atoms with van der Waals surface area (Å²) in [5, 5.41) is 9.84. The van der Waals surface area contributed by atoms with Crippen LogP contribution in [0.5, 0.6) is 0 Å². The van der Waals surface area contributed by atoms with Gasteiger partial charge in [-0.3, -0.25) is 9.63 Å². The molecule has 2 amide bonds. The molecule has 0 radical (unpaired) electrons. The van der Waals surface area contributed by atoms with Crippen molar-refractivity contribution < 1.29 is 33.5 Å². The highest BCUT2D eigenvalue weighted by atomic mass is 16.8. The fourth-order valence-corrected chi connectivity index (χ4v) is 3.21. The van der Waals surface area contributed by atoms with E-state index in [1.165, 1.54) is 21.1 Å². The number of nitrogens with zero attached hydrogens (tertiary/aromatic N) is 4. The van der Waals surface area contributed by atoms with Crippen molar-refractivity contribution in [2.45, 2.75) is 65.2 Å². The lowest BCUT2D eigenvalue weighted by Gasteiger charge is -2.37. The molecule has 0 saturated carbocycles. The number of hydrogen-bond acceptors (Lipinski definition) is 9. The lowest BCUT2D eigenvalue weighted by molar-refractivity contribution is -0.169. The molecule has 0 saturated heterocycles. The average Bonchev–Trinajstić information content (AvgIpc) is 2.96. The number of hydrazone groups is 1. The van der Waals surface area contributed by atoms with Crippen molar-refractivity contribution in [3.05, 3.63) is 35.9 Å². The van der Waals surface area contributed by atoms with Crippen molar-refractivity contribution in [3.63, 3.8) is 0 Å². The summed E-state index contributed by atoms with van der Waals surface area (Å²) in [6, 6.07) is 8.65. The van der Waals surface area contributed by atoms with Crippen LogP contribution in [0, 0.1) is 0 Å². The molecule has 1 aliphatic heterocycles. The summed E-state index contributed by atoms with van der Waals surface area (Å²) in [6.07, 6.45) is -2.35. The summed E-state index contributed by atoms with van der Waals surface area (Å²) >= 11 is 0. The van der Waals surface area contributed by atoms with Gasteiger partial charge in [-0.05, 0) is 48.5 Å². The van der Waals surface area contributed by atoms with Crippen LogP contribution in [-0.2, 0) is 23.9 Å². The van der Waals surface area contributed by atoms with Crippen LogP contribution >= 0.6 is 0 Å². The van der Waals surface area contributed by atoms with E-state index in [1.54, 1.807) is 71.9 Å². The summed E-state index contributed by atoms with van der Waals surface area (Å²) in [6.45, 7) is 11.2. The molecule has 0 fully saturated rings. The lowest BCUT2D eigenvalue weighted by Crippen LogP contribution is -2.66. The summed E-state index contributed by atoms with van der Waals surface area (Å²) < 4.78 is 10.7. The Morgan fingerprint density at radius 3 is 2.09 bits per heavy atom. The first-order valence-electron chi connectivity index (χ1n) is 10.6. The molecule has 34 heavy (non-hydrogen) atoms. The van der Waals surface area contributed by atoms with E-state index in [2.05, 4.69) is 10.3 Å². The third-order valence-corrected chi connectivity index (χ3v) is 4.41. The summed E-state index contributed by atoms with van der Waals surface area (Å²) in [4.78, 5) is 50.2. The molecule has 11 nitrogen and oxygen atoms in total. The molecule has 0 N–H and O–H groups in total. The number of oxime groups is 1. The second-order valence-electron chi connectivity index (χ2n) is 9.54. The van der Waals surface area contributed by atoms with Gasteiger partial charge in [0.1, 0.15) is 24.0 Å². The van der Waals surface area contributed by atoms with Gasteiger partial charge in [0.2, 0.25) is 5.54 Å². The van der Waals surface area contributed by atoms with E-state index >= 15 is 0 Å². The minimum atomic E-state index is -2.13. The zero-order valence-corrected chi connectivity index (χ0v) is 21.0. The highest BCUT2D eigenvalue weighted by molar-refractivity contribution is 6.38. The van der Waals surface area contributed by atoms with Gasteiger partial charge >= 0.3 is 12.2 Å². The molecule has 0 aromatic heterocycles. The maximum atomic E-state index is 13.7. The number of amides is 2. The smallest absolute Gasteiger partial charge is 0.442 e. The first kappa shape index (κ1) is 26.6. The number of ether oxygens (including phenoxy) is 2. The molecule has 1 atom stereocenters. The van der Waals surface area contributed by atoms with Crippen molar-refractivity contribution in [2.75, 3.05) is 14.2 Å². The normalized spacial score (nSPS) is 18.9. The molecule has 1 aliphatic rings. The Hall–Kier alpha value is -3.63. The Kier molecular flexibility index (Phi) is 7.59. The van der Waals surface area contributed by atoms with Gasteiger partial charge < -0.3 is 14.3 Å². The lowest BCUT2D eigenvalue weighted by atomic mass is 9.84. The highest BCUT2D eigenvalue weighted by Gasteiger charge is 2.63. The van der Waals surface area contributed by atoms with E-state index in [-0.39, 0.29) is 11.4 Å². The average molecular weight is 477 g/mol. The maximum absolute atomic E-state index is 13.7. The molecule has 11 heteroatoms. The molecule has 2 rings (SSSR count). The first-order valence-corrected chi connectivity index (χ1v) is 10.6. The Morgan fingerprint density at radius 1 is 1.03 bits per heavy atom. The van der Waals surface area contributed by atoms with Crippen LogP contribution in [0.15, 0.2) is 40.6 Å². The number of likely N-dealkylation sites (N-methyl/N-ethyl adjacent to an activating group) is 1. The molecule has 0 aliphatic carbocycles. The van der Waals surface area contributed by atoms with Gasteiger partial charge in [-0.25, -0.2) is 14.6 Å². The molecule has 0 bridgehead atoms. The number of benzene rings is 1. The maximum Gasteiger partial charge on any atom is 0.534 e. The SMILES string of the molecule is CON=C(C)C1(N(OC(=O)OC(C)(C)C)C(=O)OC(C)(C)C)C(=O)N(C)N=C1c1ccccc1. The highest BCUT2D eigenvalue weighted by Crippen LogP contribution is 2.34. The Bertz CT molecular complexity index is 993. The van der Waals surface area contributed by atoms with Gasteiger partial charge in [0.25, 0.3) is 5.91 Å². The van der Waals surface area contributed by atoms with E-state index < -0.39 is 34.9 Å². The quantitative estimate of drug-likeness (QED) is 0.369. The van der Waals surface area contributed by atoms with Gasteiger partial charge in [-0.2, -0.15) is 5.10 Å². The van der Waals surface area contributed by atoms with Crippen LogP contribution in [0.25, 0.3) is 0 Å². The summed E-state index contributed by atoms with van der Waals surface area (Å²) in [7, 11) is 2.69. The molecular weight excluding hydrogens is 444 g/mol. The van der Waals surface area contributed by atoms with Crippen LogP contribution in [0.2, 0.25) is 0 Å². The largest absolute Gasteiger partial charge is 0.534 e. The monoisotopic (exact) mass is 476 g/mol. The number of rotatable bonds is 4. The summed E-state index contributed by atoms with van der Waals surface area (Å²) in [5.74, 6) is -0.723. The molecule has 1 unspecified atom stereocenters. The number of hydrogen-bond donors (Lipinski definition) is 0. The Labute approximate surface area is 199 Å². The fraction of sp³-hybridized carbons (Fsp3) is 0.522. The van der Waals surface area contributed by atoms with Crippen LogP contribution in [-0.4, -0.2) is 70.5 Å². The third kappa shape index (κ3) is 5.64. The molecule has 1 heterocycles. The molecule has 1 aromatic rings. The second kappa shape index (κ2) is 9.70. The molecule has 0 spiro atoms. The first-order chi connectivity index (χ1) is 15.6. The number of carbonyl (C=O) groups is 3. The van der Waals surface area contributed by atoms with Crippen molar-refractivity contribution in [1.29, 1.82) is 0 Å². The van der Waals surface area contributed by atoms with Crippen molar-refractivity contribution >= 4 is 29.6 Å². The van der Waals surface area contributed by atoms with Gasteiger partial charge in [0.15, 0.2) is 0 Å². The van der Waals surface area contributed by atoms with Crippen molar-refractivity contribution in [2.24, 2.45) is 10.3 Å². The topological polar surface area (TPSA) is 119 Å². The van der Waals surface area contributed by atoms with Gasteiger partial charge in [0, 0.05) is 12.6 Å². The van der Waals surface area contributed by atoms with Crippen molar-refractivity contribution in [1.82, 2.24) is 10.1 Å². The van der Waals surface area contributed by atoms with Gasteiger partial charge in [0.05, 0.1) is 5.71 Å². The molecule has 1 aromatic carbocycles. The van der Waals surface area contributed by atoms with Crippen LogP contribution in [0.3, 0.4) is 0 Å². The minimum Gasteiger partial charge on any atom is -0.442 e. The number of hydroxylamine groups is 2. The van der Waals surface area contributed by atoms with Crippen LogP contribution in [0.4, 0.5) is 9.59 Å². The predicted octanol–water partition coefficient (Wildman–Crippen LogP) is 3.73. The minimum absolute atomic E-state index is 0.0265. The van der Waals surface area contributed by atoms with E-state index in [0.29, 0.717) is 10.6 Å². The van der Waals surface area contributed by atoms with E-state index in [9.17, 15) is 14.4 Å². The van der Waals surface area contributed by atoms with E-state index in [0.717, 1.165) is 5.01 Å².